The van der Waals surface area contributed by atoms with Gasteiger partial charge >= 0.3 is 0 Å². The maximum atomic E-state index is 6.21. The van der Waals surface area contributed by atoms with Crippen molar-refractivity contribution in [3.63, 3.8) is 0 Å². The molecule has 4 nitrogen and oxygen atoms in total. The van der Waals surface area contributed by atoms with E-state index in [0.29, 0.717) is 6.61 Å². The fraction of sp³-hybridized carbons (Fsp3) is 0.222. The van der Waals surface area contributed by atoms with Crippen molar-refractivity contribution < 1.29 is 4.74 Å². The molecule has 124 valence electrons. The Bertz CT molecular complexity index is 817. The van der Waals surface area contributed by atoms with Gasteiger partial charge in [0.15, 0.2) is 5.16 Å². The van der Waals surface area contributed by atoms with E-state index in [1.54, 1.807) is 18.1 Å². The first kappa shape index (κ1) is 16.9. The second-order valence-electron chi connectivity index (χ2n) is 5.43. The molecule has 0 saturated carbocycles. The first-order chi connectivity index (χ1) is 11.6. The number of aromatic nitrogens is 3. The Morgan fingerprint density at radius 1 is 1.12 bits per heavy atom. The lowest BCUT2D eigenvalue weighted by molar-refractivity contribution is 0.344. The molecule has 0 aliphatic heterocycles. The van der Waals surface area contributed by atoms with E-state index in [2.05, 4.69) is 17.1 Å². The number of nitrogens with zero attached hydrogens (tertiary/aromatic N) is 3. The molecule has 0 unspecified atom stereocenters. The number of aryl methyl sites for hydroxylation is 2. The average Bonchev–Trinajstić information content (AvgIpc) is 3.04. The Hall–Kier alpha value is -1.98. The largest absolute Gasteiger partial charge is 0.493 e. The predicted octanol–water partition coefficient (Wildman–Crippen LogP) is 4.71. The zero-order valence-corrected chi connectivity index (χ0v) is 15.1. The molecule has 0 aliphatic carbocycles. The van der Waals surface area contributed by atoms with E-state index in [0.717, 1.165) is 32.9 Å². The third-order valence-electron chi connectivity index (χ3n) is 3.55. The summed E-state index contributed by atoms with van der Waals surface area (Å²) in [6.45, 7) is 4.65. The first-order valence-electron chi connectivity index (χ1n) is 7.62. The smallest absolute Gasteiger partial charge is 0.195 e. The van der Waals surface area contributed by atoms with Crippen LogP contribution in [0.15, 0.2) is 53.9 Å². The van der Waals surface area contributed by atoms with Crippen molar-refractivity contribution in [2.45, 2.75) is 19.0 Å². The van der Waals surface area contributed by atoms with Gasteiger partial charge in [0.1, 0.15) is 12.1 Å². The van der Waals surface area contributed by atoms with Gasteiger partial charge in [0.25, 0.3) is 0 Å². The Morgan fingerprint density at radius 3 is 2.67 bits per heavy atom. The number of thioether (sulfide) groups is 1. The number of hydrogen-bond acceptors (Lipinski definition) is 4. The van der Waals surface area contributed by atoms with Gasteiger partial charge in [-0.1, -0.05) is 47.1 Å². The van der Waals surface area contributed by atoms with Crippen molar-refractivity contribution in [3.05, 3.63) is 64.9 Å². The number of hydrogen-bond donors (Lipinski definition) is 0. The molecule has 3 aromatic rings. The summed E-state index contributed by atoms with van der Waals surface area (Å²) in [6.07, 6.45) is 1.70. The Balaban J connectivity index is 1.59. The van der Waals surface area contributed by atoms with Gasteiger partial charge < -0.3 is 4.74 Å². The van der Waals surface area contributed by atoms with Gasteiger partial charge in [0.05, 0.1) is 12.3 Å². The molecule has 0 atom stereocenters. The van der Waals surface area contributed by atoms with E-state index in [1.807, 2.05) is 54.0 Å². The second-order valence-corrected chi connectivity index (χ2v) is 6.90. The topological polar surface area (TPSA) is 39.9 Å². The van der Waals surface area contributed by atoms with Crippen molar-refractivity contribution in [2.75, 3.05) is 12.4 Å². The van der Waals surface area contributed by atoms with Crippen molar-refractivity contribution in [1.82, 2.24) is 14.8 Å². The Kier molecular flexibility index (Phi) is 5.43. The molecule has 0 radical (unpaired) electrons. The fourth-order valence-corrected chi connectivity index (χ4v) is 3.08. The van der Waals surface area contributed by atoms with Crippen molar-refractivity contribution in [1.29, 1.82) is 0 Å². The molecule has 0 aliphatic rings. The molecule has 0 spiro atoms. The van der Waals surface area contributed by atoms with Crippen molar-refractivity contribution >= 4 is 23.4 Å². The number of rotatable bonds is 6. The predicted molar refractivity (Wildman–Crippen MR) is 98.5 cm³/mol. The summed E-state index contributed by atoms with van der Waals surface area (Å²) in [5.41, 5.74) is 3.23. The number of ether oxygens (including phenoxy) is 1. The first-order valence-corrected chi connectivity index (χ1v) is 8.98. The third-order valence-corrected chi connectivity index (χ3v) is 4.87. The Labute approximate surface area is 150 Å². The molecular weight excluding hydrogens is 342 g/mol. The summed E-state index contributed by atoms with van der Waals surface area (Å²) < 4.78 is 7.67. The fourth-order valence-electron chi connectivity index (χ4n) is 2.16. The standard InChI is InChI=1S/C18H18ClN3OS/c1-13-3-7-16(8-4-13)23-9-10-24-18-21-20-12-22(18)15-6-5-14(2)17(19)11-15/h3-8,11-12H,9-10H2,1-2H3. The highest BCUT2D eigenvalue weighted by molar-refractivity contribution is 7.99. The minimum Gasteiger partial charge on any atom is -0.493 e. The van der Waals surface area contributed by atoms with Crippen LogP contribution >= 0.6 is 23.4 Å². The van der Waals surface area contributed by atoms with E-state index in [9.17, 15) is 0 Å². The molecule has 1 aromatic heterocycles. The summed E-state index contributed by atoms with van der Waals surface area (Å²) in [6, 6.07) is 14.0. The summed E-state index contributed by atoms with van der Waals surface area (Å²) in [5, 5.41) is 9.74. The maximum absolute atomic E-state index is 6.21. The number of benzene rings is 2. The van der Waals surface area contributed by atoms with Gasteiger partial charge in [-0.05, 0) is 43.7 Å². The van der Waals surface area contributed by atoms with E-state index in [4.69, 9.17) is 16.3 Å². The Morgan fingerprint density at radius 2 is 1.92 bits per heavy atom. The molecule has 6 heteroatoms. The van der Waals surface area contributed by atoms with Crippen LogP contribution in [0.1, 0.15) is 11.1 Å². The average molecular weight is 360 g/mol. The lowest BCUT2D eigenvalue weighted by Crippen LogP contribution is -2.02. The van der Waals surface area contributed by atoms with Crippen molar-refractivity contribution in [2.24, 2.45) is 0 Å². The second kappa shape index (κ2) is 7.73. The van der Waals surface area contributed by atoms with E-state index < -0.39 is 0 Å². The van der Waals surface area contributed by atoms with Gasteiger partial charge in [-0.15, -0.1) is 10.2 Å². The summed E-state index contributed by atoms with van der Waals surface area (Å²) in [5.74, 6) is 1.67. The van der Waals surface area contributed by atoms with Gasteiger partial charge in [-0.3, -0.25) is 4.57 Å². The van der Waals surface area contributed by atoms with Crippen LogP contribution in [0.25, 0.3) is 5.69 Å². The maximum Gasteiger partial charge on any atom is 0.195 e. The third kappa shape index (κ3) is 4.10. The zero-order chi connectivity index (χ0) is 16.9. The van der Waals surface area contributed by atoms with Crippen LogP contribution < -0.4 is 4.74 Å². The highest BCUT2D eigenvalue weighted by Gasteiger charge is 2.08. The van der Waals surface area contributed by atoms with Crippen molar-refractivity contribution in [3.8, 4) is 11.4 Å². The summed E-state index contributed by atoms with van der Waals surface area (Å²) in [7, 11) is 0. The molecule has 2 aromatic carbocycles. The molecule has 0 bridgehead atoms. The van der Waals surface area contributed by atoms with Crippen LogP contribution in [-0.4, -0.2) is 27.1 Å². The molecule has 0 N–H and O–H groups in total. The highest BCUT2D eigenvalue weighted by atomic mass is 35.5. The van der Waals surface area contributed by atoms with Crippen LogP contribution in [0.3, 0.4) is 0 Å². The quantitative estimate of drug-likeness (QED) is 0.472. The van der Waals surface area contributed by atoms with Gasteiger partial charge in [-0.25, -0.2) is 0 Å². The summed E-state index contributed by atoms with van der Waals surface area (Å²) >= 11 is 7.81. The normalized spacial score (nSPS) is 10.8. The van der Waals surface area contributed by atoms with E-state index in [-0.39, 0.29) is 0 Å². The monoisotopic (exact) mass is 359 g/mol. The van der Waals surface area contributed by atoms with E-state index in [1.165, 1.54) is 5.56 Å². The van der Waals surface area contributed by atoms with Crippen LogP contribution in [0.5, 0.6) is 5.75 Å². The molecular formula is C18H18ClN3OS. The van der Waals surface area contributed by atoms with Crippen LogP contribution in [0, 0.1) is 13.8 Å². The SMILES string of the molecule is Cc1ccc(OCCSc2nncn2-c2ccc(C)c(Cl)c2)cc1. The van der Waals surface area contributed by atoms with Crippen LogP contribution in [0.2, 0.25) is 5.02 Å². The summed E-state index contributed by atoms with van der Waals surface area (Å²) in [4.78, 5) is 0. The molecule has 3 rings (SSSR count). The molecule has 0 saturated heterocycles. The molecule has 24 heavy (non-hydrogen) atoms. The van der Waals surface area contributed by atoms with Crippen LogP contribution in [-0.2, 0) is 0 Å². The lowest BCUT2D eigenvalue weighted by Gasteiger charge is -2.09. The number of halogens is 1. The molecule has 0 amide bonds. The zero-order valence-electron chi connectivity index (χ0n) is 13.6. The minimum absolute atomic E-state index is 0.606. The van der Waals surface area contributed by atoms with Gasteiger partial charge in [0, 0.05) is 10.8 Å². The van der Waals surface area contributed by atoms with Gasteiger partial charge in [0.2, 0.25) is 0 Å². The lowest BCUT2D eigenvalue weighted by atomic mass is 10.2. The van der Waals surface area contributed by atoms with Gasteiger partial charge in [-0.2, -0.15) is 0 Å². The molecule has 1 heterocycles. The van der Waals surface area contributed by atoms with E-state index >= 15 is 0 Å². The molecule has 0 fully saturated rings. The minimum atomic E-state index is 0.606. The highest BCUT2D eigenvalue weighted by Crippen LogP contribution is 2.23. The van der Waals surface area contributed by atoms with Crippen LogP contribution in [0.4, 0.5) is 0 Å².